The molecule has 0 spiro atoms. The molecule has 130 valence electrons. The van der Waals surface area contributed by atoms with E-state index in [4.69, 9.17) is 16.3 Å². The van der Waals surface area contributed by atoms with E-state index in [1.807, 2.05) is 6.07 Å². The lowest BCUT2D eigenvalue weighted by molar-refractivity contribution is 0.0303. The van der Waals surface area contributed by atoms with Crippen LogP contribution in [-0.4, -0.2) is 43.0 Å². The van der Waals surface area contributed by atoms with Gasteiger partial charge in [-0.2, -0.15) is 0 Å². The molecule has 1 aliphatic heterocycles. The highest BCUT2D eigenvalue weighted by Crippen LogP contribution is 2.23. The van der Waals surface area contributed by atoms with Crippen molar-refractivity contribution in [2.24, 2.45) is 0 Å². The molecule has 3 rings (SSSR count). The number of nitrogens with zero attached hydrogens (tertiary/aromatic N) is 1. The molecule has 1 aliphatic rings. The molecule has 0 atom stereocenters. The molecular weight excluding hydrogens is 455 g/mol. The molecule has 0 bridgehead atoms. The van der Waals surface area contributed by atoms with Crippen molar-refractivity contribution in [2.75, 3.05) is 31.6 Å². The summed E-state index contributed by atoms with van der Waals surface area (Å²) < 4.78 is 6.22. The molecule has 2 aromatic carbocycles. The Hall–Kier alpha value is -1.64. The molecule has 1 heterocycles. The Bertz CT molecular complexity index is 807. The Morgan fingerprint density at radius 3 is 2.52 bits per heavy atom. The monoisotopic (exact) mass is 470 g/mol. The van der Waals surface area contributed by atoms with Crippen LogP contribution < -0.4 is 5.32 Å². The summed E-state index contributed by atoms with van der Waals surface area (Å²) in [6, 6.07) is 12.2. The molecule has 2 amide bonds. The summed E-state index contributed by atoms with van der Waals surface area (Å²) in [7, 11) is 0. The minimum atomic E-state index is -0.345. The highest BCUT2D eigenvalue weighted by Gasteiger charge is 2.22. The van der Waals surface area contributed by atoms with Gasteiger partial charge in [-0.1, -0.05) is 23.7 Å². The van der Waals surface area contributed by atoms with E-state index >= 15 is 0 Å². The number of rotatable bonds is 3. The molecule has 7 heteroatoms. The van der Waals surface area contributed by atoms with E-state index < -0.39 is 0 Å². The van der Waals surface area contributed by atoms with Crippen molar-refractivity contribution in [3.8, 4) is 0 Å². The molecular formula is C18H16ClIN2O3. The van der Waals surface area contributed by atoms with Crippen molar-refractivity contribution in [1.29, 1.82) is 0 Å². The van der Waals surface area contributed by atoms with Crippen LogP contribution in [0.2, 0.25) is 5.02 Å². The van der Waals surface area contributed by atoms with Crippen molar-refractivity contribution in [2.45, 2.75) is 0 Å². The second kappa shape index (κ2) is 8.16. The summed E-state index contributed by atoms with van der Waals surface area (Å²) >= 11 is 8.23. The van der Waals surface area contributed by atoms with Gasteiger partial charge in [-0.05, 0) is 52.9 Å². The standard InChI is InChI=1S/C18H16ClIN2O3/c19-15-4-2-1-3-13(15)17(23)21-16-6-5-12(20)11-14(16)18(24)22-7-9-25-10-8-22/h1-6,11H,7-10H2,(H,21,23). The van der Waals surface area contributed by atoms with Gasteiger partial charge in [-0.15, -0.1) is 0 Å². The largest absolute Gasteiger partial charge is 0.378 e. The minimum Gasteiger partial charge on any atom is -0.378 e. The maximum atomic E-state index is 12.8. The van der Waals surface area contributed by atoms with Gasteiger partial charge in [0.25, 0.3) is 11.8 Å². The first-order valence-electron chi connectivity index (χ1n) is 7.79. The molecule has 2 aromatic rings. The SMILES string of the molecule is O=C(Nc1ccc(I)cc1C(=O)N1CCOCC1)c1ccccc1Cl. The second-order valence-electron chi connectivity index (χ2n) is 5.53. The number of benzene rings is 2. The number of anilines is 1. The van der Waals surface area contributed by atoms with Crippen LogP contribution in [0.5, 0.6) is 0 Å². The first-order chi connectivity index (χ1) is 12.1. The van der Waals surface area contributed by atoms with Crippen LogP contribution in [0.15, 0.2) is 42.5 Å². The lowest BCUT2D eigenvalue weighted by Crippen LogP contribution is -2.41. The summed E-state index contributed by atoms with van der Waals surface area (Å²) in [4.78, 5) is 27.1. The fraction of sp³-hybridized carbons (Fsp3) is 0.222. The fourth-order valence-corrected chi connectivity index (χ4v) is 3.29. The molecule has 0 radical (unpaired) electrons. The predicted octanol–water partition coefficient (Wildman–Crippen LogP) is 3.67. The zero-order chi connectivity index (χ0) is 17.8. The number of hydrogen-bond acceptors (Lipinski definition) is 3. The number of amides is 2. The zero-order valence-corrected chi connectivity index (χ0v) is 16.2. The molecule has 1 fully saturated rings. The Labute approximate surface area is 164 Å². The van der Waals surface area contributed by atoms with Gasteiger partial charge in [0.15, 0.2) is 0 Å². The van der Waals surface area contributed by atoms with Gasteiger partial charge in [-0.3, -0.25) is 9.59 Å². The number of halogens is 2. The zero-order valence-electron chi connectivity index (χ0n) is 13.3. The van der Waals surface area contributed by atoms with Crippen LogP contribution in [0, 0.1) is 3.57 Å². The van der Waals surface area contributed by atoms with E-state index in [0.29, 0.717) is 48.1 Å². The second-order valence-corrected chi connectivity index (χ2v) is 7.18. The van der Waals surface area contributed by atoms with Crippen LogP contribution in [-0.2, 0) is 4.74 Å². The molecule has 5 nitrogen and oxygen atoms in total. The van der Waals surface area contributed by atoms with Crippen molar-refractivity contribution < 1.29 is 14.3 Å². The van der Waals surface area contributed by atoms with E-state index in [-0.39, 0.29) is 11.8 Å². The number of hydrogen-bond donors (Lipinski definition) is 1. The Kier molecular flexibility index (Phi) is 5.93. The molecule has 0 aliphatic carbocycles. The normalized spacial score (nSPS) is 14.2. The maximum absolute atomic E-state index is 12.8. The van der Waals surface area contributed by atoms with Crippen molar-refractivity contribution in [3.05, 3.63) is 62.2 Å². The van der Waals surface area contributed by atoms with Gasteiger partial charge in [0.2, 0.25) is 0 Å². The number of morpholine rings is 1. The average Bonchev–Trinajstić information content (AvgIpc) is 2.63. The van der Waals surface area contributed by atoms with Gasteiger partial charge in [0.05, 0.1) is 35.1 Å². The summed E-state index contributed by atoms with van der Waals surface area (Å²) in [6.45, 7) is 2.14. The Balaban J connectivity index is 1.87. The Morgan fingerprint density at radius 1 is 1.08 bits per heavy atom. The first kappa shape index (κ1) is 18.2. The maximum Gasteiger partial charge on any atom is 0.257 e. The summed E-state index contributed by atoms with van der Waals surface area (Å²) in [5.41, 5.74) is 1.31. The molecule has 0 saturated carbocycles. The summed E-state index contributed by atoms with van der Waals surface area (Å²) in [5, 5.41) is 3.18. The van der Waals surface area contributed by atoms with Gasteiger partial charge in [-0.25, -0.2) is 0 Å². The highest BCUT2D eigenvalue weighted by molar-refractivity contribution is 14.1. The Morgan fingerprint density at radius 2 is 1.80 bits per heavy atom. The van der Waals surface area contributed by atoms with Gasteiger partial charge >= 0.3 is 0 Å². The lowest BCUT2D eigenvalue weighted by atomic mass is 10.1. The smallest absolute Gasteiger partial charge is 0.257 e. The molecule has 1 N–H and O–H groups in total. The number of carbonyl (C=O) groups excluding carboxylic acids is 2. The van der Waals surface area contributed by atoms with E-state index in [9.17, 15) is 9.59 Å². The molecule has 25 heavy (non-hydrogen) atoms. The summed E-state index contributed by atoms with van der Waals surface area (Å²) in [5.74, 6) is -0.459. The quantitative estimate of drug-likeness (QED) is 0.697. The van der Waals surface area contributed by atoms with E-state index in [2.05, 4.69) is 27.9 Å². The number of nitrogens with one attached hydrogen (secondary N) is 1. The van der Waals surface area contributed by atoms with Gasteiger partial charge < -0.3 is 15.0 Å². The third-order valence-corrected chi connectivity index (χ3v) is 4.88. The third kappa shape index (κ3) is 4.31. The van der Waals surface area contributed by atoms with Gasteiger partial charge in [0, 0.05) is 16.7 Å². The van der Waals surface area contributed by atoms with Crippen LogP contribution in [0.4, 0.5) is 5.69 Å². The lowest BCUT2D eigenvalue weighted by Gasteiger charge is -2.27. The van der Waals surface area contributed by atoms with Crippen LogP contribution in [0.3, 0.4) is 0 Å². The van der Waals surface area contributed by atoms with Gasteiger partial charge in [0.1, 0.15) is 0 Å². The molecule has 1 saturated heterocycles. The summed E-state index contributed by atoms with van der Waals surface area (Å²) in [6.07, 6.45) is 0. The van der Waals surface area contributed by atoms with E-state index in [1.54, 1.807) is 41.3 Å². The first-order valence-corrected chi connectivity index (χ1v) is 9.24. The number of carbonyl (C=O) groups is 2. The van der Waals surface area contributed by atoms with E-state index in [1.165, 1.54) is 0 Å². The minimum absolute atomic E-state index is 0.115. The molecule has 0 unspecified atom stereocenters. The van der Waals surface area contributed by atoms with E-state index in [0.717, 1.165) is 3.57 Å². The van der Waals surface area contributed by atoms with Crippen molar-refractivity contribution >= 4 is 51.7 Å². The number of ether oxygens (including phenoxy) is 1. The molecule has 0 aromatic heterocycles. The van der Waals surface area contributed by atoms with Crippen LogP contribution in [0.1, 0.15) is 20.7 Å². The van der Waals surface area contributed by atoms with Crippen molar-refractivity contribution in [1.82, 2.24) is 4.90 Å². The fourth-order valence-electron chi connectivity index (χ4n) is 2.57. The van der Waals surface area contributed by atoms with Crippen LogP contribution in [0.25, 0.3) is 0 Å². The van der Waals surface area contributed by atoms with Crippen LogP contribution >= 0.6 is 34.2 Å². The average molecular weight is 471 g/mol. The topological polar surface area (TPSA) is 58.6 Å². The third-order valence-electron chi connectivity index (χ3n) is 3.88. The predicted molar refractivity (Wildman–Crippen MR) is 105 cm³/mol. The highest BCUT2D eigenvalue weighted by atomic mass is 127. The van der Waals surface area contributed by atoms with Crippen molar-refractivity contribution in [3.63, 3.8) is 0 Å².